The predicted molar refractivity (Wildman–Crippen MR) is 107 cm³/mol. The van der Waals surface area contributed by atoms with E-state index < -0.39 is 5.97 Å². The van der Waals surface area contributed by atoms with E-state index in [0.717, 1.165) is 12.0 Å². The highest BCUT2D eigenvalue weighted by atomic mass is 16.5. The summed E-state index contributed by atoms with van der Waals surface area (Å²) >= 11 is 0. The second kappa shape index (κ2) is 10.3. The highest BCUT2D eigenvalue weighted by molar-refractivity contribution is 5.92. The Hall–Kier alpha value is -3.02. The third-order valence-electron chi connectivity index (χ3n) is 4.20. The van der Waals surface area contributed by atoms with E-state index in [2.05, 4.69) is 19.2 Å². The highest BCUT2D eigenvalue weighted by Gasteiger charge is 2.18. The molecule has 6 nitrogen and oxygen atoms in total. The van der Waals surface area contributed by atoms with E-state index >= 15 is 0 Å². The summed E-state index contributed by atoms with van der Waals surface area (Å²) in [5.74, 6) is 0.387. The summed E-state index contributed by atoms with van der Waals surface area (Å²) in [5, 5.41) is 2.95. The first-order valence-corrected chi connectivity index (χ1v) is 9.18. The Morgan fingerprint density at radius 3 is 2.25 bits per heavy atom. The molecule has 0 aliphatic carbocycles. The van der Waals surface area contributed by atoms with Gasteiger partial charge in [0.2, 0.25) is 0 Å². The van der Waals surface area contributed by atoms with Gasteiger partial charge in [0.05, 0.1) is 25.8 Å². The number of amides is 1. The van der Waals surface area contributed by atoms with Crippen molar-refractivity contribution in [2.24, 2.45) is 5.92 Å². The molecule has 2 aromatic carbocycles. The number of nitrogens with one attached hydrogen (secondary N) is 1. The zero-order chi connectivity index (χ0) is 20.5. The second-order valence-corrected chi connectivity index (χ2v) is 6.81. The maximum absolute atomic E-state index is 12.3. The Morgan fingerprint density at radius 1 is 0.964 bits per heavy atom. The van der Waals surface area contributed by atoms with Crippen LogP contribution in [0, 0.1) is 5.92 Å². The van der Waals surface area contributed by atoms with Gasteiger partial charge in [0, 0.05) is 0 Å². The summed E-state index contributed by atoms with van der Waals surface area (Å²) in [6, 6.07) is 14.3. The number of esters is 1. The molecule has 0 saturated carbocycles. The maximum Gasteiger partial charge on any atom is 0.338 e. The molecular formula is C22H27NO5. The fraction of sp³-hybridized carbons (Fsp3) is 0.364. The lowest BCUT2D eigenvalue weighted by molar-refractivity contribution is -0.125. The summed E-state index contributed by atoms with van der Waals surface area (Å²) in [5.41, 5.74) is 1.31. The molecule has 1 atom stereocenters. The third kappa shape index (κ3) is 6.01. The SMILES string of the molecule is COc1ccc(C(=O)OCC(=O)N[C@@H](CC(C)C)c2ccccc2)cc1OC. The van der Waals surface area contributed by atoms with Crippen molar-refractivity contribution >= 4 is 11.9 Å². The molecule has 0 fully saturated rings. The molecule has 0 radical (unpaired) electrons. The smallest absolute Gasteiger partial charge is 0.338 e. The third-order valence-corrected chi connectivity index (χ3v) is 4.20. The van der Waals surface area contributed by atoms with Crippen LogP contribution in [0.4, 0.5) is 0 Å². The summed E-state index contributed by atoms with van der Waals surface area (Å²) < 4.78 is 15.5. The molecule has 2 rings (SSSR count). The molecule has 6 heteroatoms. The van der Waals surface area contributed by atoms with Crippen LogP contribution < -0.4 is 14.8 Å². The highest BCUT2D eigenvalue weighted by Crippen LogP contribution is 2.27. The predicted octanol–water partition coefficient (Wildman–Crippen LogP) is 3.76. The zero-order valence-electron chi connectivity index (χ0n) is 16.7. The van der Waals surface area contributed by atoms with E-state index in [9.17, 15) is 9.59 Å². The van der Waals surface area contributed by atoms with Crippen molar-refractivity contribution in [3.63, 3.8) is 0 Å². The summed E-state index contributed by atoms with van der Waals surface area (Å²) in [6.45, 7) is 3.84. The number of carbonyl (C=O) groups is 2. The minimum Gasteiger partial charge on any atom is -0.493 e. The fourth-order valence-electron chi connectivity index (χ4n) is 2.85. The lowest BCUT2D eigenvalue weighted by atomic mass is 9.97. The van der Waals surface area contributed by atoms with Gasteiger partial charge in [0.25, 0.3) is 5.91 Å². The lowest BCUT2D eigenvalue weighted by Gasteiger charge is -2.21. The van der Waals surface area contributed by atoms with Gasteiger partial charge in [-0.1, -0.05) is 44.2 Å². The standard InChI is InChI=1S/C22H27NO5/c1-15(2)12-18(16-8-6-5-7-9-16)23-21(24)14-28-22(25)17-10-11-19(26-3)20(13-17)27-4/h5-11,13,15,18H,12,14H2,1-4H3,(H,23,24)/t18-/m0/s1. The van der Waals surface area contributed by atoms with Gasteiger partial charge in [-0.15, -0.1) is 0 Å². The largest absolute Gasteiger partial charge is 0.493 e. The van der Waals surface area contributed by atoms with Crippen LogP contribution >= 0.6 is 0 Å². The zero-order valence-corrected chi connectivity index (χ0v) is 16.7. The van der Waals surface area contributed by atoms with Gasteiger partial charge < -0.3 is 19.5 Å². The van der Waals surface area contributed by atoms with Gasteiger partial charge in [0.15, 0.2) is 18.1 Å². The van der Waals surface area contributed by atoms with E-state index in [4.69, 9.17) is 14.2 Å². The monoisotopic (exact) mass is 385 g/mol. The number of benzene rings is 2. The van der Waals surface area contributed by atoms with Crippen LogP contribution in [0.1, 0.15) is 42.2 Å². The van der Waals surface area contributed by atoms with Crippen molar-refractivity contribution in [3.05, 3.63) is 59.7 Å². The van der Waals surface area contributed by atoms with Crippen LogP contribution in [0.5, 0.6) is 11.5 Å². The second-order valence-electron chi connectivity index (χ2n) is 6.81. The average Bonchev–Trinajstić information content (AvgIpc) is 2.71. The molecule has 0 aromatic heterocycles. The van der Waals surface area contributed by atoms with Crippen LogP contribution in [-0.2, 0) is 9.53 Å². The first-order chi connectivity index (χ1) is 13.4. The quantitative estimate of drug-likeness (QED) is 0.665. The molecule has 0 heterocycles. The number of methoxy groups -OCH3 is 2. The fourth-order valence-corrected chi connectivity index (χ4v) is 2.85. The van der Waals surface area contributed by atoms with Gasteiger partial charge in [-0.05, 0) is 36.1 Å². The molecule has 0 unspecified atom stereocenters. The van der Waals surface area contributed by atoms with Crippen LogP contribution in [0.15, 0.2) is 48.5 Å². The Morgan fingerprint density at radius 2 is 1.64 bits per heavy atom. The number of carbonyl (C=O) groups excluding carboxylic acids is 2. The lowest BCUT2D eigenvalue weighted by Crippen LogP contribution is -2.33. The molecule has 0 saturated heterocycles. The average molecular weight is 385 g/mol. The molecule has 28 heavy (non-hydrogen) atoms. The van der Waals surface area contributed by atoms with Crippen LogP contribution in [0.3, 0.4) is 0 Å². The van der Waals surface area contributed by atoms with E-state index in [1.807, 2.05) is 30.3 Å². The van der Waals surface area contributed by atoms with Crippen molar-refractivity contribution in [1.82, 2.24) is 5.32 Å². The summed E-state index contributed by atoms with van der Waals surface area (Å²) in [7, 11) is 3.00. The molecule has 0 spiro atoms. The molecular weight excluding hydrogens is 358 g/mol. The number of hydrogen-bond acceptors (Lipinski definition) is 5. The number of rotatable bonds is 9. The number of hydrogen-bond donors (Lipinski definition) is 1. The van der Waals surface area contributed by atoms with Crippen LogP contribution in [-0.4, -0.2) is 32.7 Å². The van der Waals surface area contributed by atoms with Crippen LogP contribution in [0.2, 0.25) is 0 Å². The van der Waals surface area contributed by atoms with Gasteiger partial charge in [-0.25, -0.2) is 4.79 Å². The topological polar surface area (TPSA) is 73.9 Å². The minimum atomic E-state index is -0.601. The van der Waals surface area contributed by atoms with Crippen molar-refractivity contribution < 1.29 is 23.8 Å². The van der Waals surface area contributed by atoms with Crippen molar-refractivity contribution in [3.8, 4) is 11.5 Å². The molecule has 2 aromatic rings. The Labute approximate surface area is 165 Å². The Kier molecular flexibility index (Phi) is 7.87. The van der Waals surface area contributed by atoms with Crippen LogP contribution in [0.25, 0.3) is 0 Å². The summed E-state index contributed by atoms with van der Waals surface area (Å²) in [6.07, 6.45) is 0.791. The Bertz CT molecular complexity index is 789. The molecule has 0 aliphatic heterocycles. The van der Waals surface area contributed by atoms with E-state index in [1.54, 1.807) is 12.1 Å². The molecule has 0 aliphatic rings. The molecule has 1 N–H and O–H groups in total. The minimum absolute atomic E-state index is 0.131. The van der Waals surface area contributed by atoms with Gasteiger partial charge in [0.1, 0.15) is 0 Å². The van der Waals surface area contributed by atoms with Gasteiger partial charge >= 0.3 is 5.97 Å². The Balaban J connectivity index is 1.97. The normalized spacial score (nSPS) is 11.6. The molecule has 1 amide bonds. The maximum atomic E-state index is 12.3. The molecule has 150 valence electrons. The number of ether oxygens (including phenoxy) is 3. The van der Waals surface area contributed by atoms with E-state index in [0.29, 0.717) is 17.4 Å². The van der Waals surface area contributed by atoms with Crippen molar-refractivity contribution in [2.75, 3.05) is 20.8 Å². The summed E-state index contributed by atoms with van der Waals surface area (Å²) in [4.78, 5) is 24.6. The van der Waals surface area contributed by atoms with E-state index in [1.165, 1.54) is 20.3 Å². The van der Waals surface area contributed by atoms with E-state index in [-0.39, 0.29) is 24.1 Å². The van der Waals surface area contributed by atoms with Crippen molar-refractivity contribution in [2.45, 2.75) is 26.3 Å². The van der Waals surface area contributed by atoms with Crippen molar-refractivity contribution in [1.29, 1.82) is 0 Å². The van der Waals surface area contributed by atoms with Gasteiger partial charge in [-0.2, -0.15) is 0 Å². The molecule has 0 bridgehead atoms. The first kappa shape index (κ1) is 21.3. The first-order valence-electron chi connectivity index (χ1n) is 9.18. The van der Waals surface area contributed by atoms with Gasteiger partial charge in [-0.3, -0.25) is 4.79 Å².